The summed E-state index contributed by atoms with van der Waals surface area (Å²) in [5.41, 5.74) is 2.87. The lowest BCUT2D eigenvalue weighted by Crippen LogP contribution is -1.89. The molecule has 0 aliphatic carbocycles. The molecule has 0 saturated carbocycles. The van der Waals surface area contributed by atoms with Gasteiger partial charge in [-0.1, -0.05) is 6.07 Å². The number of anilines is 1. The van der Waals surface area contributed by atoms with Gasteiger partial charge >= 0.3 is 0 Å². The minimum atomic E-state index is 0.506. The van der Waals surface area contributed by atoms with Gasteiger partial charge in [0.1, 0.15) is 0 Å². The monoisotopic (exact) mass is 182 g/mol. The minimum Gasteiger partial charge on any atom is -0.386 e. The molecule has 0 saturated heterocycles. The first-order chi connectivity index (χ1) is 5.81. The maximum Gasteiger partial charge on any atom is 0.0856 e. The normalized spacial score (nSPS) is 9.50. The summed E-state index contributed by atoms with van der Waals surface area (Å²) in [5.74, 6) is 0.506. The third-order valence-corrected chi connectivity index (χ3v) is 1.96. The van der Waals surface area contributed by atoms with Gasteiger partial charge in [0.15, 0.2) is 0 Å². The van der Waals surface area contributed by atoms with E-state index in [0.717, 1.165) is 16.9 Å². The molecule has 0 unspecified atom stereocenters. The highest BCUT2D eigenvalue weighted by atomic mass is 35.5. The maximum absolute atomic E-state index is 5.67. The van der Waals surface area contributed by atoms with Crippen LogP contribution in [0, 0.1) is 0 Å². The Kier molecular flexibility index (Phi) is 3.11. The molecule has 0 atom stereocenters. The highest BCUT2D eigenvalue weighted by Crippen LogP contribution is 2.25. The largest absolute Gasteiger partial charge is 0.386 e. The van der Waals surface area contributed by atoms with E-state index in [0.29, 0.717) is 5.88 Å². The number of nitrogens with one attached hydrogen (secondary N) is 1. The van der Waals surface area contributed by atoms with Gasteiger partial charge in [-0.15, -0.1) is 11.6 Å². The molecule has 0 heterocycles. The summed E-state index contributed by atoms with van der Waals surface area (Å²) in [6.45, 7) is 3.48. The Morgan fingerprint density at radius 3 is 2.83 bits per heavy atom. The lowest BCUT2D eigenvalue weighted by molar-refractivity contribution is 1.37. The van der Waals surface area contributed by atoms with Crippen LogP contribution in [-0.4, -0.2) is 13.8 Å². The fraction of sp³-hybridized carbons (Fsp3) is 0.222. The van der Waals surface area contributed by atoms with E-state index in [2.05, 4.69) is 17.0 Å². The molecule has 0 fully saturated rings. The lowest BCUT2D eigenvalue weighted by atomic mass is 10.2. The summed E-state index contributed by atoms with van der Waals surface area (Å²) >= 11 is 5.67. The quantitative estimate of drug-likeness (QED) is 0.564. The van der Waals surface area contributed by atoms with E-state index in [1.165, 1.54) is 0 Å². The van der Waals surface area contributed by atoms with E-state index in [4.69, 9.17) is 11.6 Å². The second kappa shape index (κ2) is 4.12. The fourth-order valence-electron chi connectivity index (χ4n) is 1.00. The molecule has 0 aliphatic rings. The van der Waals surface area contributed by atoms with Crippen molar-refractivity contribution in [2.45, 2.75) is 5.88 Å². The molecule has 1 aromatic carbocycles. The van der Waals surface area contributed by atoms with E-state index >= 15 is 0 Å². The third-order valence-electron chi connectivity index (χ3n) is 1.66. The number of aliphatic imine (C=N–C) groups is 1. The van der Waals surface area contributed by atoms with E-state index in [9.17, 15) is 0 Å². The van der Waals surface area contributed by atoms with Gasteiger partial charge in [0.25, 0.3) is 0 Å². The van der Waals surface area contributed by atoms with E-state index in [1.54, 1.807) is 0 Å². The van der Waals surface area contributed by atoms with Crippen molar-refractivity contribution >= 4 is 29.7 Å². The van der Waals surface area contributed by atoms with Gasteiger partial charge < -0.3 is 5.32 Å². The first-order valence-electron chi connectivity index (χ1n) is 3.65. The topological polar surface area (TPSA) is 24.4 Å². The van der Waals surface area contributed by atoms with Crippen LogP contribution in [0.1, 0.15) is 5.56 Å². The Morgan fingerprint density at radius 1 is 1.58 bits per heavy atom. The molecular weight excluding hydrogens is 172 g/mol. The second-order valence-electron chi connectivity index (χ2n) is 2.39. The van der Waals surface area contributed by atoms with Crippen molar-refractivity contribution in [1.29, 1.82) is 0 Å². The predicted molar refractivity (Wildman–Crippen MR) is 54.8 cm³/mol. The van der Waals surface area contributed by atoms with Crippen molar-refractivity contribution in [3.05, 3.63) is 23.8 Å². The smallest absolute Gasteiger partial charge is 0.0856 e. The van der Waals surface area contributed by atoms with Gasteiger partial charge in [-0.2, -0.15) is 0 Å². The van der Waals surface area contributed by atoms with Gasteiger partial charge in [-0.3, -0.25) is 4.99 Å². The van der Waals surface area contributed by atoms with Gasteiger partial charge in [-0.05, 0) is 24.4 Å². The van der Waals surface area contributed by atoms with Crippen LogP contribution in [-0.2, 0) is 5.88 Å². The van der Waals surface area contributed by atoms with Crippen molar-refractivity contribution < 1.29 is 0 Å². The van der Waals surface area contributed by atoms with Crippen molar-refractivity contribution in [3.63, 3.8) is 0 Å². The number of halogens is 1. The zero-order valence-electron chi connectivity index (χ0n) is 6.97. The molecule has 0 aliphatic heterocycles. The average molecular weight is 183 g/mol. The number of benzene rings is 1. The first kappa shape index (κ1) is 9.07. The lowest BCUT2D eigenvalue weighted by Gasteiger charge is -2.05. The molecule has 1 N–H and O–H groups in total. The molecule has 3 heteroatoms. The standard InChI is InChI=1S/C9H11ClN2/c1-11-8-4-3-7(6-10)5-9(8)12-2/h3-5,11H,2,6H2,1H3. The molecule has 1 aromatic rings. The number of hydrogen-bond donors (Lipinski definition) is 1. The highest BCUT2D eigenvalue weighted by Gasteiger charge is 1.98. The second-order valence-corrected chi connectivity index (χ2v) is 2.66. The summed E-state index contributed by atoms with van der Waals surface area (Å²) in [4.78, 5) is 3.88. The van der Waals surface area contributed by atoms with E-state index in [1.807, 2.05) is 25.2 Å². The van der Waals surface area contributed by atoms with Crippen LogP contribution >= 0.6 is 11.6 Å². The zero-order valence-corrected chi connectivity index (χ0v) is 7.73. The van der Waals surface area contributed by atoms with Gasteiger partial charge in [0, 0.05) is 12.9 Å². The van der Waals surface area contributed by atoms with Crippen LogP contribution in [0.15, 0.2) is 23.2 Å². The first-order valence-corrected chi connectivity index (χ1v) is 4.18. The van der Waals surface area contributed by atoms with Crippen LogP contribution < -0.4 is 5.32 Å². The molecule has 0 amide bonds. The molecule has 12 heavy (non-hydrogen) atoms. The molecule has 1 rings (SSSR count). The molecule has 2 nitrogen and oxygen atoms in total. The molecule has 0 bridgehead atoms. The third kappa shape index (κ3) is 1.77. The van der Waals surface area contributed by atoms with Crippen LogP contribution in [0.3, 0.4) is 0 Å². The molecule has 0 spiro atoms. The Bertz CT molecular complexity index is 284. The van der Waals surface area contributed by atoms with Crippen molar-refractivity contribution in [3.8, 4) is 0 Å². The van der Waals surface area contributed by atoms with Crippen molar-refractivity contribution in [2.24, 2.45) is 4.99 Å². The van der Waals surface area contributed by atoms with Crippen molar-refractivity contribution in [2.75, 3.05) is 12.4 Å². The summed E-state index contributed by atoms with van der Waals surface area (Å²) in [7, 11) is 1.85. The summed E-state index contributed by atoms with van der Waals surface area (Å²) < 4.78 is 0. The van der Waals surface area contributed by atoms with Gasteiger partial charge in [-0.25, -0.2) is 0 Å². The predicted octanol–water partition coefficient (Wildman–Crippen LogP) is 2.80. The number of rotatable bonds is 3. The average Bonchev–Trinajstić information content (AvgIpc) is 2.16. The minimum absolute atomic E-state index is 0.506. The summed E-state index contributed by atoms with van der Waals surface area (Å²) in [6.07, 6.45) is 0. The number of hydrogen-bond acceptors (Lipinski definition) is 2. The van der Waals surface area contributed by atoms with Gasteiger partial charge in [0.2, 0.25) is 0 Å². The maximum atomic E-state index is 5.67. The van der Waals surface area contributed by atoms with E-state index < -0.39 is 0 Å². The molecule has 64 valence electrons. The van der Waals surface area contributed by atoms with E-state index in [-0.39, 0.29) is 0 Å². The molecular formula is C9H11ClN2. The molecule has 0 radical (unpaired) electrons. The summed E-state index contributed by atoms with van der Waals surface area (Å²) in [6, 6.07) is 5.83. The SMILES string of the molecule is C=Nc1cc(CCl)ccc1NC. The van der Waals surface area contributed by atoms with Gasteiger partial charge in [0.05, 0.1) is 11.4 Å². The van der Waals surface area contributed by atoms with Crippen LogP contribution in [0.2, 0.25) is 0 Å². The van der Waals surface area contributed by atoms with Crippen LogP contribution in [0.4, 0.5) is 11.4 Å². The Labute approximate surface area is 77.3 Å². The number of alkyl halides is 1. The zero-order chi connectivity index (χ0) is 8.97. The number of nitrogens with zero attached hydrogens (tertiary/aromatic N) is 1. The molecule has 0 aromatic heterocycles. The summed E-state index contributed by atoms with van der Waals surface area (Å²) in [5, 5.41) is 3.02. The Balaban J connectivity index is 3.10. The Morgan fingerprint density at radius 2 is 2.33 bits per heavy atom. The van der Waals surface area contributed by atoms with Crippen molar-refractivity contribution in [1.82, 2.24) is 0 Å². The van der Waals surface area contributed by atoms with Crippen LogP contribution in [0.5, 0.6) is 0 Å². The fourth-order valence-corrected chi connectivity index (χ4v) is 1.17. The Hall–Kier alpha value is -1.02. The van der Waals surface area contributed by atoms with Crippen LogP contribution in [0.25, 0.3) is 0 Å². The highest BCUT2D eigenvalue weighted by molar-refractivity contribution is 6.17.